The highest BCUT2D eigenvalue weighted by molar-refractivity contribution is 6.14. The Labute approximate surface area is 292 Å². The van der Waals surface area contributed by atoms with Crippen LogP contribution in [0.1, 0.15) is 25.0 Å². The van der Waals surface area contributed by atoms with Gasteiger partial charge in [-0.05, 0) is 105 Å². The van der Waals surface area contributed by atoms with Gasteiger partial charge in [0.25, 0.3) is 0 Å². The minimum Gasteiger partial charge on any atom is -0.453 e. The van der Waals surface area contributed by atoms with Crippen LogP contribution in [0.2, 0.25) is 0 Å². The minimum atomic E-state index is -0.0641. The molecule has 0 fully saturated rings. The van der Waals surface area contributed by atoms with Gasteiger partial charge in [-0.2, -0.15) is 0 Å². The molecule has 238 valence electrons. The van der Waals surface area contributed by atoms with E-state index in [4.69, 9.17) is 4.74 Å². The van der Waals surface area contributed by atoms with Gasteiger partial charge < -0.3 is 14.5 Å². The molecule has 50 heavy (non-hydrogen) atoms. The van der Waals surface area contributed by atoms with Crippen molar-refractivity contribution in [3.63, 3.8) is 0 Å². The Morgan fingerprint density at radius 1 is 0.480 bits per heavy atom. The third kappa shape index (κ3) is 4.23. The largest absolute Gasteiger partial charge is 0.453 e. The molecule has 0 bridgehead atoms. The van der Waals surface area contributed by atoms with Crippen LogP contribution in [-0.4, -0.2) is 0 Å². The number of anilines is 6. The first kappa shape index (κ1) is 28.7. The lowest BCUT2D eigenvalue weighted by Crippen LogP contribution is -2.17. The number of rotatable bonds is 4. The maximum absolute atomic E-state index is 6.66. The second-order valence-electron chi connectivity index (χ2n) is 13.8. The first-order valence-electron chi connectivity index (χ1n) is 17.3. The predicted octanol–water partition coefficient (Wildman–Crippen LogP) is 13.3. The lowest BCUT2D eigenvalue weighted by Gasteiger charge is -2.34. The Bertz CT molecular complexity index is 2610. The lowest BCUT2D eigenvalue weighted by atomic mass is 9.81. The summed E-state index contributed by atoms with van der Waals surface area (Å²) in [5, 5.41) is 4.98. The van der Waals surface area contributed by atoms with Crippen molar-refractivity contribution in [3.8, 4) is 22.6 Å². The summed E-state index contributed by atoms with van der Waals surface area (Å²) < 4.78 is 6.66. The van der Waals surface area contributed by atoms with Crippen LogP contribution < -0.4 is 14.5 Å². The standard InChI is InChI=1S/C47H34N2O/c1-47(2)40-20-10-9-18-36(40)39-28-31-24-26-37-35(38(31)30-41(39)47)19-13-22-42(37)48(32-14-5-3-6-15-32)34-25-27-44-46(29-34)50-45-23-12-11-21-43(45)49(44)33-16-7-4-8-17-33/h3-30H,1-2H3. The second-order valence-corrected chi connectivity index (χ2v) is 13.8. The van der Waals surface area contributed by atoms with E-state index >= 15 is 0 Å². The molecule has 0 saturated heterocycles. The van der Waals surface area contributed by atoms with E-state index in [0.717, 1.165) is 45.6 Å². The average Bonchev–Trinajstić information content (AvgIpc) is 3.39. The Morgan fingerprint density at radius 3 is 2.08 bits per heavy atom. The highest BCUT2D eigenvalue weighted by Gasteiger charge is 2.35. The van der Waals surface area contributed by atoms with Crippen LogP contribution in [0.4, 0.5) is 34.1 Å². The van der Waals surface area contributed by atoms with E-state index in [1.807, 2.05) is 12.1 Å². The smallest absolute Gasteiger partial charge is 0.153 e. The minimum absolute atomic E-state index is 0.0641. The van der Waals surface area contributed by atoms with Gasteiger partial charge in [-0.3, -0.25) is 0 Å². The molecule has 0 unspecified atom stereocenters. The molecule has 3 heteroatoms. The molecular formula is C47H34N2O. The maximum atomic E-state index is 6.66. The summed E-state index contributed by atoms with van der Waals surface area (Å²) in [7, 11) is 0. The molecule has 8 aromatic rings. The van der Waals surface area contributed by atoms with Gasteiger partial charge in [-0.1, -0.05) is 111 Å². The van der Waals surface area contributed by atoms with Gasteiger partial charge in [-0.15, -0.1) is 0 Å². The lowest BCUT2D eigenvalue weighted by molar-refractivity contribution is 0.477. The molecule has 10 rings (SSSR count). The molecule has 1 aliphatic heterocycles. The molecule has 0 spiro atoms. The van der Waals surface area contributed by atoms with Crippen molar-refractivity contribution in [1.29, 1.82) is 0 Å². The molecule has 2 aliphatic rings. The second kappa shape index (κ2) is 10.8. The number of fused-ring (bicyclic) bond motifs is 8. The van der Waals surface area contributed by atoms with E-state index in [9.17, 15) is 0 Å². The molecule has 0 aromatic heterocycles. The average molecular weight is 643 g/mol. The molecule has 0 N–H and O–H groups in total. The molecular weight excluding hydrogens is 609 g/mol. The first-order chi connectivity index (χ1) is 24.6. The Balaban J connectivity index is 1.16. The van der Waals surface area contributed by atoms with Gasteiger partial charge in [-0.25, -0.2) is 0 Å². The van der Waals surface area contributed by atoms with Crippen LogP contribution in [0.25, 0.3) is 32.7 Å². The van der Waals surface area contributed by atoms with Gasteiger partial charge >= 0.3 is 0 Å². The summed E-state index contributed by atoms with van der Waals surface area (Å²) in [6, 6.07) is 61.0. The van der Waals surface area contributed by atoms with Gasteiger partial charge in [0.05, 0.1) is 22.7 Å². The zero-order valence-electron chi connectivity index (χ0n) is 28.0. The molecule has 8 aromatic carbocycles. The highest BCUT2D eigenvalue weighted by Crippen LogP contribution is 2.53. The van der Waals surface area contributed by atoms with E-state index in [1.54, 1.807) is 0 Å². The zero-order valence-corrected chi connectivity index (χ0v) is 28.0. The number of benzene rings is 8. The summed E-state index contributed by atoms with van der Waals surface area (Å²) >= 11 is 0. The Morgan fingerprint density at radius 2 is 1.22 bits per heavy atom. The van der Waals surface area contributed by atoms with E-state index in [-0.39, 0.29) is 5.41 Å². The number of hydrogen-bond donors (Lipinski definition) is 0. The summed E-state index contributed by atoms with van der Waals surface area (Å²) in [5.41, 5.74) is 11.8. The quantitative estimate of drug-likeness (QED) is 0.178. The fourth-order valence-electron chi connectivity index (χ4n) is 8.21. The van der Waals surface area contributed by atoms with Crippen molar-refractivity contribution in [2.45, 2.75) is 19.3 Å². The third-order valence-corrected chi connectivity index (χ3v) is 10.6. The number of ether oxygens (including phenoxy) is 1. The van der Waals surface area contributed by atoms with Crippen molar-refractivity contribution >= 4 is 55.7 Å². The van der Waals surface area contributed by atoms with E-state index < -0.39 is 0 Å². The van der Waals surface area contributed by atoms with Crippen LogP contribution in [0, 0.1) is 0 Å². The normalized spacial score (nSPS) is 13.7. The van der Waals surface area contributed by atoms with Gasteiger partial charge in [0, 0.05) is 28.2 Å². The Kier molecular flexibility index (Phi) is 6.22. The van der Waals surface area contributed by atoms with Gasteiger partial charge in [0.15, 0.2) is 11.5 Å². The van der Waals surface area contributed by atoms with Crippen LogP contribution >= 0.6 is 0 Å². The van der Waals surface area contributed by atoms with Crippen LogP contribution in [0.3, 0.4) is 0 Å². The monoisotopic (exact) mass is 642 g/mol. The zero-order chi connectivity index (χ0) is 33.4. The molecule has 0 radical (unpaired) electrons. The fraction of sp³-hybridized carbons (Fsp3) is 0.0638. The topological polar surface area (TPSA) is 15.7 Å². The van der Waals surface area contributed by atoms with Crippen LogP contribution in [0.15, 0.2) is 170 Å². The molecule has 3 nitrogen and oxygen atoms in total. The maximum Gasteiger partial charge on any atom is 0.153 e. The van der Waals surface area contributed by atoms with Crippen LogP contribution in [-0.2, 0) is 5.41 Å². The third-order valence-electron chi connectivity index (χ3n) is 10.6. The summed E-state index contributed by atoms with van der Waals surface area (Å²) in [6.07, 6.45) is 0. The van der Waals surface area contributed by atoms with E-state index in [0.29, 0.717) is 0 Å². The molecule has 1 heterocycles. The summed E-state index contributed by atoms with van der Waals surface area (Å²) in [4.78, 5) is 4.64. The Hall–Kier alpha value is -6.32. The highest BCUT2D eigenvalue weighted by atomic mass is 16.5. The summed E-state index contributed by atoms with van der Waals surface area (Å²) in [5.74, 6) is 1.65. The SMILES string of the molecule is CC1(C)c2ccccc2-c2cc3ccc4c(N(c5ccccc5)c5ccc6c(c5)Oc5ccccc5N6c5ccccc5)cccc4c3cc21. The van der Waals surface area contributed by atoms with Crippen molar-refractivity contribution in [1.82, 2.24) is 0 Å². The number of para-hydroxylation sites is 4. The van der Waals surface area contributed by atoms with Gasteiger partial charge in [0.1, 0.15) is 0 Å². The molecule has 0 atom stereocenters. The van der Waals surface area contributed by atoms with Crippen molar-refractivity contribution in [2.75, 3.05) is 9.80 Å². The van der Waals surface area contributed by atoms with Crippen LogP contribution in [0.5, 0.6) is 11.5 Å². The fourth-order valence-corrected chi connectivity index (χ4v) is 8.21. The predicted molar refractivity (Wildman–Crippen MR) is 208 cm³/mol. The summed E-state index contributed by atoms with van der Waals surface area (Å²) in [6.45, 7) is 4.71. The van der Waals surface area contributed by atoms with Gasteiger partial charge in [0.2, 0.25) is 0 Å². The van der Waals surface area contributed by atoms with E-state index in [1.165, 1.54) is 43.8 Å². The molecule has 0 saturated carbocycles. The van der Waals surface area contributed by atoms with Crippen molar-refractivity contribution in [3.05, 3.63) is 181 Å². The molecule has 1 aliphatic carbocycles. The molecule has 0 amide bonds. The first-order valence-corrected chi connectivity index (χ1v) is 17.3. The number of hydrogen-bond acceptors (Lipinski definition) is 3. The van der Waals surface area contributed by atoms with Crippen molar-refractivity contribution < 1.29 is 4.74 Å². The van der Waals surface area contributed by atoms with E-state index in [2.05, 4.69) is 181 Å². The number of nitrogens with zero attached hydrogens (tertiary/aromatic N) is 2. The van der Waals surface area contributed by atoms with Crippen molar-refractivity contribution in [2.24, 2.45) is 0 Å².